The molecule has 0 aliphatic carbocycles. The Hall–Kier alpha value is -2.04. The lowest BCUT2D eigenvalue weighted by Crippen LogP contribution is -2.32. The van der Waals surface area contributed by atoms with Crippen LogP contribution in [0.25, 0.3) is 0 Å². The van der Waals surface area contributed by atoms with E-state index in [2.05, 4.69) is 5.32 Å². The number of amides is 1. The number of carboxylic acid groups (broad SMARTS) is 1. The van der Waals surface area contributed by atoms with Crippen LogP contribution in [0.5, 0.6) is 5.75 Å². The largest absolute Gasteiger partial charge is 0.494 e. The molecule has 5 nitrogen and oxygen atoms in total. The van der Waals surface area contributed by atoms with Crippen molar-refractivity contribution < 1.29 is 19.4 Å². The first-order valence-electron chi connectivity index (χ1n) is 6.11. The van der Waals surface area contributed by atoms with Crippen molar-refractivity contribution in [1.82, 2.24) is 0 Å². The van der Waals surface area contributed by atoms with Gasteiger partial charge in [0.15, 0.2) is 0 Å². The first-order valence-corrected chi connectivity index (χ1v) is 6.11. The molecule has 0 saturated carbocycles. The van der Waals surface area contributed by atoms with Crippen LogP contribution < -0.4 is 10.1 Å². The summed E-state index contributed by atoms with van der Waals surface area (Å²) in [7, 11) is 0. The van der Waals surface area contributed by atoms with Gasteiger partial charge in [-0.3, -0.25) is 9.59 Å². The minimum Gasteiger partial charge on any atom is -0.494 e. The quantitative estimate of drug-likeness (QED) is 0.828. The molecule has 0 atom stereocenters. The molecule has 0 saturated heterocycles. The van der Waals surface area contributed by atoms with Gasteiger partial charge in [-0.15, -0.1) is 0 Å². The third-order valence-electron chi connectivity index (χ3n) is 2.63. The molecule has 2 N–H and O–H groups in total. The number of hydrogen-bond donors (Lipinski definition) is 2. The van der Waals surface area contributed by atoms with Gasteiger partial charge in [-0.2, -0.15) is 0 Å². The highest BCUT2D eigenvalue weighted by molar-refractivity contribution is 5.96. The summed E-state index contributed by atoms with van der Waals surface area (Å²) in [4.78, 5) is 22.7. The number of benzene rings is 1. The van der Waals surface area contributed by atoms with Gasteiger partial charge in [0.1, 0.15) is 5.75 Å². The number of carbonyl (C=O) groups excluding carboxylic acids is 1. The van der Waals surface area contributed by atoms with Gasteiger partial charge >= 0.3 is 5.97 Å². The molecule has 0 radical (unpaired) electrons. The lowest BCUT2D eigenvalue weighted by Gasteiger charge is -2.21. The SMILES string of the molecule is CCOc1ccc(NC(=O)C(C)(C)CC(=O)O)cc1. The molecule has 0 heterocycles. The molecule has 19 heavy (non-hydrogen) atoms. The molecule has 0 aromatic heterocycles. The van der Waals surface area contributed by atoms with Gasteiger partial charge in [0.05, 0.1) is 18.4 Å². The Bertz CT molecular complexity index is 451. The van der Waals surface area contributed by atoms with E-state index < -0.39 is 11.4 Å². The van der Waals surface area contributed by atoms with Crippen molar-refractivity contribution >= 4 is 17.6 Å². The van der Waals surface area contributed by atoms with Crippen molar-refractivity contribution in [3.05, 3.63) is 24.3 Å². The smallest absolute Gasteiger partial charge is 0.304 e. The molecule has 1 rings (SSSR count). The lowest BCUT2D eigenvalue weighted by molar-refractivity contribution is -0.142. The van der Waals surface area contributed by atoms with E-state index in [1.54, 1.807) is 38.1 Å². The first-order chi connectivity index (χ1) is 8.85. The topological polar surface area (TPSA) is 75.6 Å². The van der Waals surface area contributed by atoms with E-state index in [0.29, 0.717) is 12.3 Å². The molecule has 0 spiro atoms. The van der Waals surface area contributed by atoms with Crippen molar-refractivity contribution in [3.8, 4) is 5.75 Å². The van der Waals surface area contributed by atoms with E-state index in [4.69, 9.17) is 9.84 Å². The summed E-state index contributed by atoms with van der Waals surface area (Å²) in [6, 6.07) is 6.95. The third kappa shape index (κ3) is 4.62. The molecule has 0 fully saturated rings. The van der Waals surface area contributed by atoms with Crippen LogP contribution in [0.1, 0.15) is 27.2 Å². The van der Waals surface area contributed by atoms with Gasteiger partial charge in [-0.1, -0.05) is 13.8 Å². The van der Waals surface area contributed by atoms with Crippen molar-refractivity contribution in [2.45, 2.75) is 27.2 Å². The second-order valence-corrected chi connectivity index (χ2v) is 4.87. The van der Waals surface area contributed by atoms with E-state index in [-0.39, 0.29) is 12.3 Å². The Morgan fingerprint density at radius 2 is 1.84 bits per heavy atom. The van der Waals surface area contributed by atoms with Gasteiger partial charge in [0.2, 0.25) is 5.91 Å². The summed E-state index contributed by atoms with van der Waals surface area (Å²) in [5.41, 5.74) is -0.336. The van der Waals surface area contributed by atoms with Crippen molar-refractivity contribution in [2.75, 3.05) is 11.9 Å². The molecule has 0 aliphatic rings. The van der Waals surface area contributed by atoms with Gasteiger partial charge in [0.25, 0.3) is 0 Å². The summed E-state index contributed by atoms with van der Waals surface area (Å²) in [6.45, 7) is 5.68. The standard InChI is InChI=1S/C14H19NO4/c1-4-19-11-7-5-10(6-8-11)15-13(18)14(2,3)9-12(16)17/h5-8H,4,9H2,1-3H3,(H,15,18)(H,16,17). The highest BCUT2D eigenvalue weighted by atomic mass is 16.5. The Balaban J connectivity index is 2.68. The molecular weight excluding hydrogens is 246 g/mol. The van der Waals surface area contributed by atoms with Gasteiger partial charge in [-0.05, 0) is 31.2 Å². The first kappa shape index (κ1) is 15.0. The molecule has 1 aromatic rings. The predicted molar refractivity (Wildman–Crippen MR) is 72.3 cm³/mol. The van der Waals surface area contributed by atoms with Crippen molar-refractivity contribution in [1.29, 1.82) is 0 Å². The zero-order valence-corrected chi connectivity index (χ0v) is 11.4. The molecular formula is C14H19NO4. The second-order valence-electron chi connectivity index (χ2n) is 4.87. The molecule has 1 amide bonds. The van der Waals surface area contributed by atoms with E-state index in [1.165, 1.54) is 0 Å². The van der Waals surface area contributed by atoms with Crippen LogP contribution in [0, 0.1) is 5.41 Å². The summed E-state index contributed by atoms with van der Waals surface area (Å²) >= 11 is 0. The van der Waals surface area contributed by atoms with Gasteiger partial charge < -0.3 is 15.2 Å². The average Bonchev–Trinajstić information content (AvgIpc) is 2.30. The third-order valence-corrected chi connectivity index (χ3v) is 2.63. The van der Waals surface area contributed by atoms with Crippen LogP contribution in [-0.2, 0) is 9.59 Å². The minimum atomic E-state index is -0.994. The number of rotatable bonds is 6. The lowest BCUT2D eigenvalue weighted by atomic mass is 9.88. The maximum absolute atomic E-state index is 12.0. The number of hydrogen-bond acceptors (Lipinski definition) is 3. The van der Waals surface area contributed by atoms with Crippen LogP contribution in [-0.4, -0.2) is 23.6 Å². The van der Waals surface area contributed by atoms with Crippen LogP contribution in [0.3, 0.4) is 0 Å². The molecule has 104 valence electrons. The van der Waals surface area contributed by atoms with Crippen LogP contribution in [0.2, 0.25) is 0 Å². The van der Waals surface area contributed by atoms with Crippen molar-refractivity contribution in [3.63, 3.8) is 0 Å². The molecule has 0 bridgehead atoms. The fourth-order valence-corrected chi connectivity index (χ4v) is 1.56. The normalized spacial score (nSPS) is 10.9. The molecule has 0 unspecified atom stereocenters. The minimum absolute atomic E-state index is 0.212. The van der Waals surface area contributed by atoms with Crippen LogP contribution in [0.4, 0.5) is 5.69 Å². The monoisotopic (exact) mass is 265 g/mol. The zero-order chi connectivity index (χ0) is 14.5. The second kappa shape index (κ2) is 6.22. The summed E-state index contributed by atoms with van der Waals surface area (Å²) in [6.07, 6.45) is -0.212. The van der Waals surface area contributed by atoms with Gasteiger partial charge in [-0.25, -0.2) is 0 Å². The number of carbonyl (C=O) groups is 2. The van der Waals surface area contributed by atoms with Crippen molar-refractivity contribution in [2.24, 2.45) is 5.41 Å². The fraction of sp³-hybridized carbons (Fsp3) is 0.429. The average molecular weight is 265 g/mol. The Morgan fingerprint density at radius 1 is 1.26 bits per heavy atom. The fourth-order valence-electron chi connectivity index (χ4n) is 1.56. The number of aliphatic carboxylic acids is 1. The zero-order valence-electron chi connectivity index (χ0n) is 11.4. The number of carboxylic acids is 1. The molecule has 0 aliphatic heterocycles. The number of anilines is 1. The van der Waals surface area contributed by atoms with Crippen LogP contribution >= 0.6 is 0 Å². The van der Waals surface area contributed by atoms with E-state index >= 15 is 0 Å². The maximum Gasteiger partial charge on any atom is 0.304 e. The Kier molecular flexibility index (Phi) is 4.92. The van der Waals surface area contributed by atoms with Crippen LogP contribution in [0.15, 0.2) is 24.3 Å². The Morgan fingerprint density at radius 3 is 2.32 bits per heavy atom. The highest BCUT2D eigenvalue weighted by Crippen LogP contribution is 2.23. The number of nitrogens with one attached hydrogen (secondary N) is 1. The van der Waals surface area contributed by atoms with E-state index in [0.717, 1.165) is 5.75 Å². The van der Waals surface area contributed by atoms with E-state index in [1.807, 2.05) is 6.92 Å². The Labute approximate surface area is 112 Å². The molecule has 1 aromatic carbocycles. The highest BCUT2D eigenvalue weighted by Gasteiger charge is 2.30. The van der Waals surface area contributed by atoms with E-state index in [9.17, 15) is 9.59 Å². The number of ether oxygens (including phenoxy) is 1. The summed E-state index contributed by atoms with van der Waals surface area (Å²) < 4.78 is 5.30. The summed E-state index contributed by atoms with van der Waals surface area (Å²) in [5, 5.41) is 11.5. The molecule has 5 heteroatoms. The maximum atomic E-state index is 12.0. The van der Waals surface area contributed by atoms with Gasteiger partial charge in [0, 0.05) is 5.69 Å². The summed E-state index contributed by atoms with van der Waals surface area (Å²) in [5.74, 6) is -0.587. The predicted octanol–water partition coefficient (Wildman–Crippen LogP) is 2.52.